The average Bonchev–Trinajstić information content (AvgIpc) is 2.74. The van der Waals surface area contributed by atoms with Crippen LogP contribution in [0.5, 0.6) is 5.75 Å². The second-order valence-corrected chi connectivity index (χ2v) is 4.66. The lowest BCUT2D eigenvalue weighted by Gasteiger charge is -2.21. The predicted molar refractivity (Wildman–Crippen MR) is 65.3 cm³/mol. The normalized spacial score (nSPS) is 22.2. The minimum atomic E-state index is -1.24. The number of benzene rings is 1. The van der Waals surface area contributed by atoms with Crippen molar-refractivity contribution < 1.29 is 23.5 Å². The maximum absolute atomic E-state index is 13.9. The Kier molecular flexibility index (Phi) is 3.55. The second kappa shape index (κ2) is 4.99. The van der Waals surface area contributed by atoms with Crippen LogP contribution in [0.4, 0.5) is 4.39 Å². The van der Waals surface area contributed by atoms with Crippen molar-refractivity contribution in [2.45, 2.75) is 19.8 Å². The fourth-order valence-electron chi connectivity index (χ4n) is 2.29. The van der Waals surface area contributed by atoms with Crippen LogP contribution >= 0.6 is 0 Å². The van der Waals surface area contributed by atoms with Crippen molar-refractivity contribution in [3.05, 3.63) is 29.6 Å². The summed E-state index contributed by atoms with van der Waals surface area (Å²) < 4.78 is 23.7. The molecule has 0 radical (unpaired) electrons. The average molecular weight is 266 g/mol. The van der Waals surface area contributed by atoms with Gasteiger partial charge in [0.05, 0.1) is 13.7 Å². The van der Waals surface area contributed by atoms with Gasteiger partial charge >= 0.3 is 5.97 Å². The number of hydrogen-bond acceptors (Lipinski definition) is 4. The summed E-state index contributed by atoms with van der Waals surface area (Å²) in [4.78, 5) is 23.6. The van der Waals surface area contributed by atoms with Gasteiger partial charge in [-0.15, -0.1) is 0 Å². The SMILES string of the molecule is COc1ccc(CC2(C(C)=O)CCOC2=O)c(F)c1. The fourth-order valence-corrected chi connectivity index (χ4v) is 2.29. The standard InChI is InChI=1S/C14H15FO4/c1-9(16)14(5-6-19-13(14)17)8-10-3-4-11(18-2)7-12(10)15/h3-4,7H,5-6,8H2,1-2H3. The molecular formula is C14H15FO4. The zero-order valence-electron chi connectivity index (χ0n) is 10.9. The van der Waals surface area contributed by atoms with Crippen molar-refractivity contribution in [3.8, 4) is 5.75 Å². The van der Waals surface area contributed by atoms with E-state index in [2.05, 4.69) is 0 Å². The zero-order valence-corrected chi connectivity index (χ0v) is 10.9. The summed E-state index contributed by atoms with van der Waals surface area (Å²) in [5.74, 6) is -0.938. The minimum Gasteiger partial charge on any atom is -0.497 e. The van der Waals surface area contributed by atoms with Crippen LogP contribution in [0.2, 0.25) is 0 Å². The molecule has 1 heterocycles. The van der Waals surface area contributed by atoms with Gasteiger partial charge in [0.1, 0.15) is 22.8 Å². The first-order valence-corrected chi connectivity index (χ1v) is 6.00. The van der Waals surface area contributed by atoms with E-state index < -0.39 is 17.2 Å². The molecule has 19 heavy (non-hydrogen) atoms. The molecule has 102 valence electrons. The number of hydrogen-bond donors (Lipinski definition) is 0. The smallest absolute Gasteiger partial charge is 0.320 e. The largest absolute Gasteiger partial charge is 0.497 e. The molecule has 1 aliphatic rings. The summed E-state index contributed by atoms with van der Waals surface area (Å²) in [6.45, 7) is 1.55. The van der Waals surface area contributed by atoms with Crippen LogP contribution in [-0.2, 0) is 20.7 Å². The van der Waals surface area contributed by atoms with Gasteiger partial charge in [-0.3, -0.25) is 9.59 Å². The molecule has 1 aliphatic heterocycles. The molecule has 0 aromatic heterocycles. The third-order valence-corrected chi connectivity index (χ3v) is 3.58. The number of rotatable bonds is 4. The molecule has 2 rings (SSSR count). The third kappa shape index (κ3) is 2.32. The van der Waals surface area contributed by atoms with Crippen molar-refractivity contribution in [2.75, 3.05) is 13.7 Å². The number of esters is 1. The molecule has 4 nitrogen and oxygen atoms in total. The number of ether oxygens (including phenoxy) is 2. The first-order chi connectivity index (χ1) is 8.99. The second-order valence-electron chi connectivity index (χ2n) is 4.66. The van der Waals surface area contributed by atoms with E-state index in [0.29, 0.717) is 17.7 Å². The Morgan fingerprint density at radius 1 is 1.53 bits per heavy atom. The van der Waals surface area contributed by atoms with Crippen LogP contribution in [0, 0.1) is 11.2 Å². The van der Waals surface area contributed by atoms with Gasteiger partial charge in [-0.05, 0) is 25.0 Å². The molecule has 1 unspecified atom stereocenters. The highest BCUT2D eigenvalue weighted by molar-refractivity contribution is 6.04. The van der Waals surface area contributed by atoms with Crippen LogP contribution in [0.25, 0.3) is 0 Å². The Bertz CT molecular complexity index is 526. The highest BCUT2D eigenvalue weighted by Gasteiger charge is 2.49. The number of ketones is 1. The Balaban J connectivity index is 2.33. The Morgan fingerprint density at radius 3 is 2.74 bits per heavy atom. The first kappa shape index (κ1) is 13.5. The Morgan fingerprint density at radius 2 is 2.26 bits per heavy atom. The number of Topliss-reactive ketones (excluding diaryl/α,β-unsaturated/α-hetero) is 1. The molecule has 5 heteroatoms. The molecule has 0 aliphatic carbocycles. The summed E-state index contributed by atoms with van der Waals surface area (Å²) in [5, 5.41) is 0. The highest BCUT2D eigenvalue weighted by Crippen LogP contribution is 2.36. The maximum atomic E-state index is 13.9. The summed E-state index contributed by atoms with van der Waals surface area (Å²) in [7, 11) is 1.44. The Labute approximate surface area is 110 Å². The van der Waals surface area contributed by atoms with Gasteiger partial charge in [-0.2, -0.15) is 0 Å². The van der Waals surface area contributed by atoms with Crippen molar-refractivity contribution in [2.24, 2.45) is 5.41 Å². The summed E-state index contributed by atoms with van der Waals surface area (Å²) in [5.41, 5.74) is -0.926. The predicted octanol–water partition coefficient (Wildman–Crippen LogP) is 1.90. The number of halogens is 1. The van der Waals surface area contributed by atoms with Crippen LogP contribution in [-0.4, -0.2) is 25.5 Å². The molecular weight excluding hydrogens is 251 g/mol. The highest BCUT2D eigenvalue weighted by atomic mass is 19.1. The Hall–Kier alpha value is -1.91. The molecule has 1 aromatic carbocycles. The van der Waals surface area contributed by atoms with E-state index in [1.807, 2.05) is 0 Å². The van der Waals surface area contributed by atoms with Crippen molar-refractivity contribution in [1.29, 1.82) is 0 Å². The summed E-state index contributed by atoms with van der Waals surface area (Å²) in [6, 6.07) is 4.38. The maximum Gasteiger partial charge on any atom is 0.320 e. The van der Waals surface area contributed by atoms with Crippen molar-refractivity contribution in [3.63, 3.8) is 0 Å². The van der Waals surface area contributed by atoms with Gasteiger partial charge in [0.15, 0.2) is 0 Å². The van der Waals surface area contributed by atoms with Crippen LogP contribution < -0.4 is 4.74 Å². The van der Waals surface area contributed by atoms with E-state index in [4.69, 9.17) is 9.47 Å². The summed E-state index contributed by atoms with van der Waals surface area (Å²) in [6.07, 6.45) is 0.323. The molecule has 1 aromatic rings. The van der Waals surface area contributed by atoms with E-state index in [1.165, 1.54) is 26.2 Å². The van der Waals surface area contributed by atoms with Gasteiger partial charge in [0.2, 0.25) is 0 Å². The number of carbonyl (C=O) groups excluding carboxylic acids is 2. The molecule has 1 atom stereocenters. The quantitative estimate of drug-likeness (QED) is 0.617. The van der Waals surface area contributed by atoms with Crippen LogP contribution in [0.15, 0.2) is 18.2 Å². The lowest BCUT2D eigenvalue weighted by molar-refractivity contribution is -0.150. The van der Waals surface area contributed by atoms with E-state index >= 15 is 0 Å². The van der Waals surface area contributed by atoms with Gasteiger partial charge in [-0.25, -0.2) is 4.39 Å². The van der Waals surface area contributed by atoms with Gasteiger partial charge < -0.3 is 9.47 Å². The van der Waals surface area contributed by atoms with E-state index in [-0.39, 0.29) is 18.8 Å². The third-order valence-electron chi connectivity index (χ3n) is 3.58. The van der Waals surface area contributed by atoms with Crippen LogP contribution in [0.1, 0.15) is 18.9 Å². The summed E-state index contributed by atoms with van der Waals surface area (Å²) >= 11 is 0. The molecule has 1 saturated heterocycles. The van der Waals surface area contributed by atoms with Gasteiger partial charge in [-0.1, -0.05) is 6.07 Å². The number of methoxy groups -OCH3 is 1. The van der Waals surface area contributed by atoms with Gasteiger partial charge in [0.25, 0.3) is 0 Å². The van der Waals surface area contributed by atoms with E-state index in [0.717, 1.165) is 0 Å². The monoisotopic (exact) mass is 266 g/mol. The lowest BCUT2D eigenvalue weighted by Crippen LogP contribution is -2.36. The van der Waals surface area contributed by atoms with Crippen molar-refractivity contribution in [1.82, 2.24) is 0 Å². The zero-order chi connectivity index (χ0) is 14.0. The minimum absolute atomic E-state index is 0.0248. The fraction of sp³-hybridized carbons (Fsp3) is 0.429. The number of cyclic esters (lactones) is 1. The number of carbonyl (C=O) groups is 2. The molecule has 0 amide bonds. The molecule has 0 spiro atoms. The molecule has 1 fully saturated rings. The molecule has 0 bridgehead atoms. The van der Waals surface area contributed by atoms with Crippen LogP contribution in [0.3, 0.4) is 0 Å². The van der Waals surface area contributed by atoms with Gasteiger partial charge in [0, 0.05) is 12.5 Å². The first-order valence-electron chi connectivity index (χ1n) is 6.00. The van der Waals surface area contributed by atoms with Crippen molar-refractivity contribution >= 4 is 11.8 Å². The molecule has 0 saturated carbocycles. The lowest BCUT2D eigenvalue weighted by atomic mass is 9.77. The molecule has 0 N–H and O–H groups in total. The topological polar surface area (TPSA) is 52.6 Å². The van der Waals surface area contributed by atoms with E-state index in [1.54, 1.807) is 6.07 Å². The van der Waals surface area contributed by atoms with E-state index in [9.17, 15) is 14.0 Å².